The summed E-state index contributed by atoms with van der Waals surface area (Å²) < 4.78 is 1.85. The maximum atomic E-state index is 12.7. The standard InChI is InChI=1S/C24H26ClN5O2S/c1-5-12-30-22(17(4)26-23(32)19-9-7-6-8-15(19)2)28-29-24(30)33-14-21(31)27-20-13-18(25)11-10-16(20)3/h5-11,13,17H,1,12,14H2,2-4H3,(H,26,32)(H,27,31)/t17-/m0/s1. The third kappa shape index (κ3) is 6.24. The number of allylic oxidation sites excluding steroid dienone is 1. The van der Waals surface area contributed by atoms with Gasteiger partial charge in [-0.2, -0.15) is 0 Å². The zero-order valence-electron chi connectivity index (χ0n) is 18.8. The summed E-state index contributed by atoms with van der Waals surface area (Å²) in [6, 6.07) is 12.4. The van der Waals surface area contributed by atoms with Gasteiger partial charge in [-0.3, -0.25) is 9.59 Å². The third-order valence-corrected chi connectivity index (χ3v) is 6.19. The molecule has 0 saturated carbocycles. The van der Waals surface area contributed by atoms with Crippen molar-refractivity contribution in [2.24, 2.45) is 0 Å². The summed E-state index contributed by atoms with van der Waals surface area (Å²) in [6.45, 7) is 9.90. The fraction of sp³-hybridized carbons (Fsp3) is 0.250. The first-order valence-corrected chi connectivity index (χ1v) is 11.8. The van der Waals surface area contributed by atoms with E-state index in [-0.39, 0.29) is 23.6 Å². The Balaban J connectivity index is 1.69. The lowest BCUT2D eigenvalue weighted by Crippen LogP contribution is -2.29. The number of hydrogen-bond acceptors (Lipinski definition) is 5. The molecule has 1 heterocycles. The van der Waals surface area contributed by atoms with E-state index in [2.05, 4.69) is 27.4 Å². The van der Waals surface area contributed by atoms with Crippen LogP contribution in [-0.2, 0) is 11.3 Å². The number of aromatic nitrogens is 3. The van der Waals surface area contributed by atoms with Crippen LogP contribution in [-0.4, -0.2) is 32.3 Å². The van der Waals surface area contributed by atoms with Crippen LogP contribution < -0.4 is 10.6 Å². The van der Waals surface area contributed by atoms with Gasteiger partial charge in [0.1, 0.15) is 0 Å². The van der Waals surface area contributed by atoms with Gasteiger partial charge in [0, 0.05) is 22.8 Å². The van der Waals surface area contributed by atoms with Crippen molar-refractivity contribution in [2.45, 2.75) is 38.5 Å². The predicted molar refractivity (Wildman–Crippen MR) is 133 cm³/mol. The number of anilines is 1. The monoisotopic (exact) mass is 483 g/mol. The Bertz CT molecular complexity index is 1180. The van der Waals surface area contributed by atoms with Crippen LogP contribution in [0, 0.1) is 13.8 Å². The lowest BCUT2D eigenvalue weighted by molar-refractivity contribution is -0.113. The second-order valence-electron chi connectivity index (χ2n) is 7.55. The fourth-order valence-corrected chi connectivity index (χ4v) is 4.17. The summed E-state index contributed by atoms with van der Waals surface area (Å²) in [5, 5.41) is 15.5. The SMILES string of the molecule is C=CCn1c(SCC(=O)Nc2cc(Cl)ccc2C)nnc1[C@H](C)NC(=O)c1ccccc1C. The van der Waals surface area contributed by atoms with Gasteiger partial charge < -0.3 is 15.2 Å². The summed E-state index contributed by atoms with van der Waals surface area (Å²) in [5.41, 5.74) is 3.11. The van der Waals surface area contributed by atoms with Crippen molar-refractivity contribution < 1.29 is 9.59 Å². The molecule has 1 atom stereocenters. The number of nitrogens with one attached hydrogen (secondary N) is 2. The van der Waals surface area contributed by atoms with Crippen molar-refractivity contribution in [1.29, 1.82) is 0 Å². The third-order valence-electron chi connectivity index (χ3n) is 4.99. The molecule has 9 heteroatoms. The van der Waals surface area contributed by atoms with Gasteiger partial charge in [-0.1, -0.05) is 53.7 Å². The maximum Gasteiger partial charge on any atom is 0.252 e. The highest BCUT2D eigenvalue weighted by Crippen LogP contribution is 2.23. The molecule has 0 fully saturated rings. The molecule has 33 heavy (non-hydrogen) atoms. The minimum absolute atomic E-state index is 0.144. The Labute approximate surface area is 202 Å². The number of rotatable bonds is 9. The first-order chi connectivity index (χ1) is 15.8. The number of hydrogen-bond donors (Lipinski definition) is 2. The van der Waals surface area contributed by atoms with E-state index in [9.17, 15) is 9.59 Å². The Morgan fingerprint density at radius 1 is 1.18 bits per heavy atom. The molecule has 172 valence electrons. The van der Waals surface area contributed by atoms with E-state index in [4.69, 9.17) is 11.6 Å². The first-order valence-electron chi connectivity index (χ1n) is 10.4. The van der Waals surface area contributed by atoms with Crippen LogP contribution in [0.25, 0.3) is 0 Å². The van der Waals surface area contributed by atoms with Crippen LogP contribution in [0.4, 0.5) is 5.69 Å². The number of amides is 2. The molecule has 2 N–H and O–H groups in total. The zero-order valence-corrected chi connectivity index (χ0v) is 20.3. The number of carbonyl (C=O) groups excluding carboxylic acids is 2. The zero-order chi connectivity index (χ0) is 24.0. The molecule has 0 aliphatic rings. The Morgan fingerprint density at radius 3 is 2.67 bits per heavy atom. The van der Waals surface area contributed by atoms with Crippen molar-refractivity contribution in [1.82, 2.24) is 20.1 Å². The van der Waals surface area contributed by atoms with E-state index in [0.717, 1.165) is 11.1 Å². The summed E-state index contributed by atoms with van der Waals surface area (Å²) in [7, 11) is 0. The molecular weight excluding hydrogens is 458 g/mol. The molecule has 7 nitrogen and oxygen atoms in total. The number of aryl methyl sites for hydroxylation is 2. The molecule has 1 aromatic heterocycles. The van der Waals surface area contributed by atoms with Crippen LogP contribution in [0.2, 0.25) is 5.02 Å². The second-order valence-corrected chi connectivity index (χ2v) is 8.93. The number of benzene rings is 2. The van der Waals surface area contributed by atoms with E-state index in [0.29, 0.717) is 33.8 Å². The van der Waals surface area contributed by atoms with Gasteiger partial charge in [0.15, 0.2) is 11.0 Å². The maximum absolute atomic E-state index is 12.7. The van der Waals surface area contributed by atoms with Gasteiger partial charge in [-0.05, 0) is 50.1 Å². The highest BCUT2D eigenvalue weighted by molar-refractivity contribution is 7.99. The van der Waals surface area contributed by atoms with Gasteiger partial charge in [0.2, 0.25) is 5.91 Å². The molecule has 0 unspecified atom stereocenters. The van der Waals surface area contributed by atoms with Crippen molar-refractivity contribution in [2.75, 3.05) is 11.1 Å². The molecule has 3 aromatic rings. The average molecular weight is 484 g/mol. The van der Waals surface area contributed by atoms with Crippen molar-refractivity contribution in [3.05, 3.63) is 82.7 Å². The normalized spacial score (nSPS) is 11.6. The molecular formula is C24H26ClN5O2S. The molecule has 3 rings (SSSR count). The Kier molecular flexibility index (Phi) is 8.30. The lowest BCUT2D eigenvalue weighted by atomic mass is 10.1. The predicted octanol–water partition coefficient (Wildman–Crippen LogP) is 4.96. The van der Waals surface area contributed by atoms with Gasteiger partial charge in [-0.15, -0.1) is 16.8 Å². The molecule has 2 aromatic carbocycles. The Morgan fingerprint density at radius 2 is 1.94 bits per heavy atom. The lowest BCUT2D eigenvalue weighted by Gasteiger charge is -2.16. The Hall–Kier alpha value is -3.10. The van der Waals surface area contributed by atoms with Crippen molar-refractivity contribution in [3.63, 3.8) is 0 Å². The summed E-state index contributed by atoms with van der Waals surface area (Å²) in [5.74, 6) is 0.371. The van der Waals surface area contributed by atoms with Gasteiger partial charge in [0.25, 0.3) is 5.91 Å². The second kappa shape index (κ2) is 11.2. The van der Waals surface area contributed by atoms with Crippen LogP contribution in [0.3, 0.4) is 0 Å². The van der Waals surface area contributed by atoms with E-state index in [1.165, 1.54) is 11.8 Å². The minimum Gasteiger partial charge on any atom is -0.342 e. The number of thioether (sulfide) groups is 1. The summed E-state index contributed by atoms with van der Waals surface area (Å²) in [6.07, 6.45) is 1.72. The number of halogens is 1. The van der Waals surface area contributed by atoms with Gasteiger partial charge >= 0.3 is 0 Å². The number of carbonyl (C=O) groups is 2. The number of nitrogens with zero attached hydrogens (tertiary/aromatic N) is 3. The molecule has 0 saturated heterocycles. The molecule has 0 bridgehead atoms. The minimum atomic E-state index is -0.387. The van der Waals surface area contributed by atoms with Crippen molar-refractivity contribution in [3.8, 4) is 0 Å². The van der Waals surface area contributed by atoms with E-state index < -0.39 is 0 Å². The highest BCUT2D eigenvalue weighted by Gasteiger charge is 2.21. The largest absolute Gasteiger partial charge is 0.342 e. The molecule has 0 spiro atoms. The fourth-order valence-electron chi connectivity index (χ4n) is 3.24. The summed E-state index contributed by atoms with van der Waals surface area (Å²) >= 11 is 7.29. The van der Waals surface area contributed by atoms with Gasteiger partial charge in [-0.25, -0.2) is 0 Å². The van der Waals surface area contributed by atoms with Gasteiger partial charge in [0.05, 0.1) is 11.8 Å². The van der Waals surface area contributed by atoms with Crippen LogP contribution in [0.15, 0.2) is 60.3 Å². The highest BCUT2D eigenvalue weighted by atomic mass is 35.5. The topological polar surface area (TPSA) is 88.9 Å². The molecule has 0 radical (unpaired) electrons. The molecule has 0 aliphatic carbocycles. The average Bonchev–Trinajstić information content (AvgIpc) is 3.18. The first kappa shape index (κ1) is 24.5. The van der Waals surface area contributed by atoms with E-state index >= 15 is 0 Å². The smallest absolute Gasteiger partial charge is 0.252 e. The van der Waals surface area contributed by atoms with E-state index in [1.54, 1.807) is 24.3 Å². The van der Waals surface area contributed by atoms with Crippen LogP contribution >= 0.6 is 23.4 Å². The summed E-state index contributed by atoms with van der Waals surface area (Å²) in [4.78, 5) is 25.2. The van der Waals surface area contributed by atoms with Crippen LogP contribution in [0.1, 0.15) is 40.3 Å². The molecule has 0 aliphatic heterocycles. The van der Waals surface area contributed by atoms with Crippen molar-refractivity contribution >= 4 is 40.9 Å². The quantitative estimate of drug-likeness (QED) is 0.332. The molecule has 2 amide bonds. The van der Waals surface area contributed by atoms with Crippen LogP contribution in [0.5, 0.6) is 0 Å². The van der Waals surface area contributed by atoms with E-state index in [1.807, 2.05) is 49.6 Å².